The summed E-state index contributed by atoms with van der Waals surface area (Å²) in [5.74, 6) is 1.34. The second kappa shape index (κ2) is 17.5. The number of ether oxygens (including phenoxy) is 4. The molecule has 0 saturated carbocycles. The van der Waals surface area contributed by atoms with Crippen LogP contribution in [0, 0.1) is 0 Å². The van der Waals surface area contributed by atoms with E-state index in [1.54, 1.807) is 7.11 Å². The van der Waals surface area contributed by atoms with E-state index in [-0.39, 0.29) is 6.79 Å². The average Bonchev–Trinajstić information content (AvgIpc) is 2.56. The highest BCUT2D eigenvalue weighted by Gasteiger charge is 2.12. The molecule has 0 amide bonds. The minimum Gasteiger partial charge on any atom is -0.491 e. The van der Waals surface area contributed by atoms with Crippen molar-refractivity contribution < 1.29 is 18.9 Å². The molecule has 0 saturated heterocycles. The summed E-state index contributed by atoms with van der Waals surface area (Å²) in [7, 11) is 1.62. The molecule has 0 bridgehead atoms. The van der Waals surface area contributed by atoms with Gasteiger partial charge in [0.15, 0.2) is 12.6 Å². The molecule has 0 unspecified atom stereocenters. The topological polar surface area (TPSA) is 36.9 Å². The van der Waals surface area contributed by atoms with Gasteiger partial charge in [-0.1, -0.05) is 59.3 Å². The molecular weight excluding hydrogens is 292 g/mol. The van der Waals surface area contributed by atoms with Crippen molar-refractivity contribution in [2.75, 3.05) is 27.1 Å². The van der Waals surface area contributed by atoms with Gasteiger partial charge in [-0.15, -0.1) is 0 Å². The van der Waals surface area contributed by atoms with E-state index < -0.39 is 0 Å². The van der Waals surface area contributed by atoms with Crippen molar-refractivity contribution in [2.45, 2.75) is 85.0 Å². The van der Waals surface area contributed by atoms with Gasteiger partial charge in [-0.3, -0.25) is 0 Å². The molecular formula is C19H38O4. The van der Waals surface area contributed by atoms with Crippen molar-refractivity contribution in [3.8, 4) is 0 Å². The van der Waals surface area contributed by atoms with Crippen LogP contribution >= 0.6 is 0 Å². The number of unbranched alkanes of at least 4 members (excludes halogenated alkanes) is 6. The lowest BCUT2D eigenvalue weighted by molar-refractivity contribution is -0.0691. The van der Waals surface area contributed by atoms with Crippen LogP contribution in [-0.2, 0) is 18.9 Å². The van der Waals surface area contributed by atoms with Crippen LogP contribution in [0.4, 0.5) is 0 Å². The molecule has 23 heavy (non-hydrogen) atoms. The molecule has 0 fully saturated rings. The molecule has 0 aromatic rings. The highest BCUT2D eigenvalue weighted by Crippen LogP contribution is 2.17. The Morgan fingerprint density at radius 2 is 1.26 bits per heavy atom. The summed E-state index contributed by atoms with van der Waals surface area (Å²) >= 11 is 0. The van der Waals surface area contributed by atoms with Gasteiger partial charge in [0.2, 0.25) is 0 Å². The van der Waals surface area contributed by atoms with Crippen molar-refractivity contribution in [2.24, 2.45) is 0 Å². The van der Waals surface area contributed by atoms with Gasteiger partial charge in [0, 0.05) is 13.5 Å². The molecule has 0 aromatic heterocycles. The smallest absolute Gasteiger partial charge is 0.321 e. The lowest BCUT2D eigenvalue weighted by atomic mass is 10.2. The van der Waals surface area contributed by atoms with Gasteiger partial charge in [0.25, 0.3) is 0 Å². The quantitative estimate of drug-likeness (QED) is 0.193. The highest BCUT2D eigenvalue weighted by molar-refractivity contribution is 4.95. The zero-order chi connectivity index (χ0) is 17.2. The fourth-order valence-corrected chi connectivity index (χ4v) is 2.19. The predicted octanol–water partition coefficient (Wildman–Crippen LogP) is 5.77. The number of hydrogen-bond acceptors (Lipinski definition) is 4. The Bertz CT molecular complexity index is 277. The Hall–Kier alpha value is -0.900. The van der Waals surface area contributed by atoms with Crippen molar-refractivity contribution >= 4 is 0 Å². The van der Waals surface area contributed by atoms with E-state index in [4.69, 9.17) is 18.9 Å². The van der Waals surface area contributed by atoms with Gasteiger partial charge in [0.1, 0.15) is 0 Å². The van der Waals surface area contributed by atoms with Crippen LogP contribution in [0.25, 0.3) is 0 Å². The summed E-state index contributed by atoms with van der Waals surface area (Å²) in [6.07, 6.45) is 11.3. The van der Waals surface area contributed by atoms with E-state index in [2.05, 4.69) is 20.8 Å². The van der Waals surface area contributed by atoms with Crippen LogP contribution in [-0.4, -0.2) is 27.1 Å². The van der Waals surface area contributed by atoms with Gasteiger partial charge in [0.05, 0.1) is 13.2 Å². The van der Waals surface area contributed by atoms with Crippen molar-refractivity contribution in [1.29, 1.82) is 0 Å². The first-order chi connectivity index (χ1) is 11.3. The second-order valence-electron chi connectivity index (χ2n) is 5.83. The Morgan fingerprint density at radius 1 is 0.652 bits per heavy atom. The van der Waals surface area contributed by atoms with E-state index in [1.807, 2.05) is 0 Å². The predicted molar refractivity (Wildman–Crippen MR) is 95.1 cm³/mol. The first-order valence-electron chi connectivity index (χ1n) is 9.40. The van der Waals surface area contributed by atoms with Crippen LogP contribution in [0.3, 0.4) is 0 Å². The minimum absolute atomic E-state index is 0.191. The molecule has 138 valence electrons. The normalized spacial score (nSPS) is 12.0. The van der Waals surface area contributed by atoms with Crippen molar-refractivity contribution in [3.05, 3.63) is 11.7 Å². The summed E-state index contributed by atoms with van der Waals surface area (Å²) in [6.45, 7) is 8.15. The summed E-state index contributed by atoms with van der Waals surface area (Å²) in [5, 5.41) is 0. The summed E-state index contributed by atoms with van der Waals surface area (Å²) in [6, 6.07) is 0. The van der Waals surface area contributed by atoms with E-state index in [0.29, 0.717) is 12.6 Å². The third-order valence-electron chi connectivity index (χ3n) is 3.52. The molecule has 0 spiro atoms. The first-order valence-corrected chi connectivity index (χ1v) is 9.40. The molecule has 0 radical (unpaired) electrons. The third kappa shape index (κ3) is 13.3. The van der Waals surface area contributed by atoms with Gasteiger partial charge in [-0.25, -0.2) is 0 Å². The Morgan fingerprint density at radius 3 is 1.78 bits per heavy atom. The molecule has 0 aromatic carbocycles. The monoisotopic (exact) mass is 330 g/mol. The molecule has 4 heteroatoms. The van der Waals surface area contributed by atoms with E-state index in [9.17, 15) is 0 Å². The van der Waals surface area contributed by atoms with Crippen LogP contribution in [0.15, 0.2) is 11.7 Å². The number of methoxy groups -OCH3 is 1. The van der Waals surface area contributed by atoms with Crippen LogP contribution < -0.4 is 0 Å². The molecule has 4 nitrogen and oxygen atoms in total. The summed E-state index contributed by atoms with van der Waals surface area (Å²) < 4.78 is 22.4. The second-order valence-corrected chi connectivity index (χ2v) is 5.83. The molecule has 0 rings (SSSR count). The van der Waals surface area contributed by atoms with Crippen molar-refractivity contribution in [3.63, 3.8) is 0 Å². The Kier molecular flexibility index (Phi) is 16.8. The highest BCUT2D eigenvalue weighted by atomic mass is 16.7. The van der Waals surface area contributed by atoms with E-state index in [1.165, 1.54) is 38.5 Å². The zero-order valence-electron chi connectivity index (χ0n) is 15.8. The fraction of sp³-hybridized carbons (Fsp3) is 0.895. The van der Waals surface area contributed by atoms with E-state index in [0.717, 1.165) is 38.0 Å². The lowest BCUT2D eigenvalue weighted by Gasteiger charge is -2.17. The molecule has 0 heterocycles. The minimum atomic E-state index is 0.191. The number of rotatable bonds is 17. The van der Waals surface area contributed by atoms with Crippen LogP contribution in [0.2, 0.25) is 0 Å². The Balaban J connectivity index is 4.43. The third-order valence-corrected chi connectivity index (χ3v) is 3.52. The van der Waals surface area contributed by atoms with Crippen molar-refractivity contribution in [1.82, 2.24) is 0 Å². The average molecular weight is 331 g/mol. The lowest BCUT2D eigenvalue weighted by Crippen LogP contribution is -2.09. The first kappa shape index (κ1) is 22.1. The standard InChI is InChI=1S/C19H38O4/c1-5-8-10-12-15-21-18(14-7-3)19(23-17-20-4)22-16-13-11-9-6-2/h5-17H2,1-4H3. The van der Waals surface area contributed by atoms with E-state index >= 15 is 0 Å². The van der Waals surface area contributed by atoms with Gasteiger partial charge < -0.3 is 18.9 Å². The molecule has 0 aliphatic heterocycles. The molecule has 0 aliphatic carbocycles. The largest absolute Gasteiger partial charge is 0.491 e. The molecule has 0 atom stereocenters. The van der Waals surface area contributed by atoms with Gasteiger partial charge in [-0.2, -0.15) is 0 Å². The van der Waals surface area contributed by atoms with Crippen LogP contribution in [0.1, 0.15) is 85.0 Å². The Labute approximate surface area is 143 Å². The van der Waals surface area contributed by atoms with Gasteiger partial charge >= 0.3 is 5.95 Å². The zero-order valence-corrected chi connectivity index (χ0v) is 15.8. The maximum Gasteiger partial charge on any atom is 0.321 e. The number of allylic oxidation sites excluding steroid dienone is 1. The SMILES string of the molecule is CCCCCCOC(CCC)=C(OCCCCCC)OCOC. The summed E-state index contributed by atoms with van der Waals surface area (Å²) in [5.41, 5.74) is 0. The van der Waals surface area contributed by atoms with Crippen LogP contribution in [0.5, 0.6) is 0 Å². The fourth-order valence-electron chi connectivity index (χ4n) is 2.19. The number of hydrogen-bond donors (Lipinski definition) is 0. The molecule has 0 aliphatic rings. The maximum absolute atomic E-state index is 5.94. The molecule has 0 N–H and O–H groups in total. The maximum atomic E-state index is 5.94. The van der Waals surface area contributed by atoms with Gasteiger partial charge in [-0.05, 0) is 19.3 Å². The summed E-state index contributed by atoms with van der Waals surface area (Å²) in [4.78, 5) is 0.